The monoisotopic (exact) mass is 308 g/mol. The molecule has 2 aromatic rings. The van der Waals surface area contributed by atoms with Gasteiger partial charge < -0.3 is 10.2 Å². The van der Waals surface area contributed by atoms with Crippen molar-refractivity contribution in [1.29, 1.82) is 0 Å². The predicted molar refractivity (Wildman–Crippen MR) is 87.8 cm³/mol. The van der Waals surface area contributed by atoms with Crippen LogP contribution in [0.25, 0.3) is 0 Å². The van der Waals surface area contributed by atoms with Crippen LogP contribution in [0.3, 0.4) is 0 Å². The molecule has 2 aromatic carbocycles. The largest absolute Gasteiger partial charge is 0.370 e. The van der Waals surface area contributed by atoms with E-state index in [9.17, 15) is 0 Å². The molecule has 20 heavy (non-hydrogen) atoms. The van der Waals surface area contributed by atoms with Gasteiger partial charge in [-0.15, -0.1) is 0 Å². The summed E-state index contributed by atoms with van der Waals surface area (Å²) < 4.78 is 0. The molecule has 0 unspecified atom stereocenters. The van der Waals surface area contributed by atoms with E-state index in [-0.39, 0.29) is 0 Å². The van der Waals surface area contributed by atoms with Crippen molar-refractivity contribution >= 4 is 28.9 Å². The lowest BCUT2D eigenvalue weighted by atomic mass is 10.1. The maximum atomic E-state index is 6.29. The summed E-state index contributed by atoms with van der Waals surface area (Å²) >= 11 is 12.3. The molecule has 0 saturated heterocycles. The van der Waals surface area contributed by atoms with E-state index >= 15 is 0 Å². The minimum atomic E-state index is 0.745. The molecular formula is C16H18Cl2N2. The summed E-state index contributed by atoms with van der Waals surface area (Å²) in [5, 5.41) is 4.71. The Morgan fingerprint density at radius 1 is 1.10 bits per heavy atom. The van der Waals surface area contributed by atoms with Crippen LogP contribution in [0.4, 0.5) is 5.69 Å². The highest BCUT2D eigenvalue weighted by atomic mass is 35.5. The van der Waals surface area contributed by atoms with E-state index in [1.54, 1.807) is 0 Å². The highest BCUT2D eigenvalue weighted by molar-refractivity contribution is 6.31. The molecule has 0 bridgehead atoms. The summed E-state index contributed by atoms with van der Waals surface area (Å²) in [5.74, 6) is 0. The molecule has 0 aromatic heterocycles. The zero-order chi connectivity index (χ0) is 14.5. The normalized spacial score (nSPS) is 10.6. The van der Waals surface area contributed by atoms with Gasteiger partial charge in [-0.2, -0.15) is 0 Å². The van der Waals surface area contributed by atoms with E-state index in [0.29, 0.717) is 0 Å². The molecule has 0 saturated carbocycles. The molecule has 2 rings (SSSR count). The van der Waals surface area contributed by atoms with E-state index in [1.165, 1.54) is 5.56 Å². The number of benzene rings is 2. The van der Waals surface area contributed by atoms with Crippen molar-refractivity contribution in [2.24, 2.45) is 0 Å². The Morgan fingerprint density at radius 2 is 1.85 bits per heavy atom. The molecule has 0 aliphatic rings. The smallest absolute Gasteiger partial charge is 0.0471 e. The van der Waals surface area contributed by atoms with Gasteiger partial charge in [0.15, 0.2) is 0 Å². The standard InChI is InChI=1S/C16H18Cl2N2/c1-19-10-14-15(18)7-4-8-16(14)20(2)11-12-5-3-6-13(17)9-12/h3-9,19H,10-11H2,1-2H3. The highest BCUT2D eigenvalue weighted by Gasteiger charge is 2.10. The van der Waals surface area contributed by atoms with Gasteiger partial charge in [-0.05, 0) is 36.9 Å². The molecule has 0 atom stereocenters. The summed E-state index contributed by atoms with van der Waals surface area (Å²) in [5.41, 5.74) is 3.42. The Morgan fingerprint density at radius 3 is 2.55 bits per heavy atom. The van der Waals surface area contributed by atoms with Crippen LogP contribution in [0, 0.1) is 0 Å². The molecule has 2 nitrogen and oxygen atoms in total. The Hall–Kier alpha value is -1.22. The van der Waals surface area contributed by atoms with Crippen LogP contribution in [0.15, 0.2) is 42.5 Å². The summed E-state index contributed by atoms with van der Waals surface area (Å²) in [6, 6.07) is 13.9. The van der Waals surface area contributed by atoms with Gasteiger partial charge in [-0.1, -0.05) is 41.4 Å². The molecule has 106 valence electrons. The first-order valence-electron chi connectivity index (χ1n) is 6.49. The third-order valence-electron chi connectivity index (χ3n) is 3.17. The van der Waals surface area contributed by atoms with Crippen molar-refractivity contribution in [3.63, 3.8) is 0 Å². The summed E-state index contributed by atoms with van der Waals surface area (Å²) in [7, 11) is 3.98. The maximum absolute atomic E-state index is 6.29. The van der Waals surface area contributed by atoms with Crippen LogP contribution < -0.4 is 10.2 Å². The van der Waals surface area contributed by atoms with Gasteiger partial charge in [0.05, 0.1) is 0 Å². The lowest BCUT2D eigenvalue weighted by molar-refractivity contribution is 0.805. The fourth-order valence-electron chi connectivity index (χ4n) is 2.25. The zero-order valence-electron chi connectivity index (χ0n) is 11.7. The first-order chi connectivity index (χ1) is 9.61. The van der Waals surface area contributed by atoms with Crippen molar-refractivity contribution in [1.82, 2.24) is 5.32 Å². The third kappa shape index (κ3) is 3.66. The average Bonchev–Trinajstić information content (AvgIpc) is 2.41. The molecule has 0 aliphatic heterocycles. The molecule has 0 spiro atoms. The SMILES string of the molecule is CNCc1c(Cl)cccc1N(C)Cc1cccc(Cl)c1. The zero-order valence-corrected chi connectivity index (χ0v) is 13.2. The van der Waals surface area contributed by atoms with Crippen LogP contribution in [-0.4, -0.2) is 14.1 Å². The minimum absolute atomic E-state index is 0.745. The second-order valence-corrected chi connectivity index (χ2v) is 5.60. The summed E-state index contributed by atoms with van der Waals surface area (Å²) in [6.45, 7) is 1.53. The Kier molecular flexibility index (Phi) is 5.30. The van der Waals surface area contributed by atoms with Crippen LogP contribution in [0.1, 0.15) is 11.1 Å². The number of halogens is 2. The topological polar surface area (TPSA) is 15.3 Å². The molecule has 1 N–H and O–H groups in total. The second kappa shape index (κ2) is 6.98. The summed E-state index contributed by atoms with van der Waals surface area (Å²) in [6.07, 6.45) is 0. The minimum Gasteiger partial charge on any atom is -0.370 e. The number of anilines is 1. The van der Waals surface area contributed by atoms with Crippen LogP contribution in [-0.2, 0) is 13.1 Å². The molecule has 4 heteroatoms. The van der Waals surface area contributed by atoms with Gasteiger partial charge in [0.25, 0.3) is 0 Å². The molecular weight excluding hydrogens is 291 g/mol. The predicted octanol–water partition coefficient (Wildman–Crippen LogP) is 4.35. The number of hydrogen-bond acceptors (Lipinski definition) is 2. The lowest BCUT2D eigenvalue weighted by Crippen LogP contribution is -2.19. The maximum Gasteiger partial charge on any atom is 0.0471 e. The van der Waals surface area contributed by atoms with Crippen LogP contribution in [0.2, 0.25) is 10.0 Å². The number of rotatable bonds is 5. The average molecular weight is 309 g/mol. The van der Waals surface area contributed by atoms with E-state index in [2.05, 4.69) is 29.4 Å². The fourth-order valence-corrected chi connectivity index (χ4v) is 2.70. The lowest BCUT2D eigenvalue weighted by Gasteiger charge is -2.23. The first kappa shape index (κ1) is 15.2. The Balaban J connectivity index is 2.25. The van der Waals surface area contributed by atoms with Gasteiger partial charge >= 0.3 is 0 Å². The van der Waals surface area contributed by atoms with Crippen LogP contribution in [0.5, 0.6) is 0 Å². The first-order valence-corrected chi connectivity index (χ1v) is 7.25. The number of nitrogens with one attached hydrogen (secondary N) is 1. The molecule has 0 heterocycles. The van der Waals surface area contributed by atoms with Gasteiger partial charge in [-0.25, -0.2) is 0 Å². The van der Waals surface area contributed by atoms with Crippen LogP contribution >= 0.6 is 23.2 Å². The van der Waals surface area contributed by atoms with E-state index in [1.807, 2.05) is 37.4 Å². The molecule has 0 amide bonds. The van der Waals surface area contributed by atoms with E-state index in [0.717, 1.165) is 34.4 Å². The van der Waals surface area contributed by atoms with Crippen molar-refractivity contribution in [3.8, 4) is 0 Å². The second-order valence-electron chi connectivity index (χ2n) is 4.75. The Bertz CT molecular complexity index is 584. The highest BCUT2D eigenvalue weighted by Crippen LogP contribution is 2.28. The van der Waals surface area contributed by atoms with Gasteiger partial charge in [0, 0.05) is 41.4 Å². The van der Waals surface area contributed by atoms with Gasteiger partial charge in [0.2, 0.25) is 0 Å². The molecule has 0 fully saturated rings. The summed E-state index contributed by atoms with van der Waals surface area (Å²) in [4.78, 5) is 2.18. The third-order valence-corrected chi connectivity index (χ3v) is 3.76. The van der Waals surface area contributed by atoms with Crippen molar-refractivity contribution in [2.45, 2.75) is 13.1 Å². The van der Waals surface area contributed by atoms with E-state index in [4.69, 9.17) is 23.2 Å². The Labute approximate surface area is 130 Å². The number of hydrogen-bond donors (Lipinski definition) is 1. The van der Waals surface area contributed by atoms with E-state index < -0.39 is 0 Å². The van der Waals surface area contributed by atoms with Gasteiger partial charge in [0.1, 0.15) is 0 Å². The van der Waals surface area contributed by atoms with Crippen molar-refractivity contribution < 1.29 is 0 Å². The van der Waals surface area contributed by atoms with Crippen molar-refractivity contribution in [3.05, 3.63) is 63.6 Å². The number of nitrogens with zero attached hydrogens (tertiary/aromatic N) is 1. The molecule has 0 aliphatic carbocycles. The quantitative estimate of drug-likeness (QED) is 0.883. The fraction of sp³-hybridized carbons (Fsp3) is 0.250. The molecule has 0 radical (unpaired) electrons. The van der Waals surface area contributed by atoms with Crippen molar-refractivity contribution in [2.75, 3.05) is 19.0 Å². The van der Waals surface area contributed by atoms with Gasteiger partial charge in [-0.3, -0.25) is 0 Å².